The molecule has 6 aromatic rings. The predicted molar refractivity (Wildman–Crippen MR) is 174 cm³/mol. The number of amides is 1. The molecule has 0 aliphatic rings. The molecule has 0 saturated carbocycles. The van der Waals surface area contributed by atoms with Crippen molar-refractivity contribution in [2.75, 3.05) is 37.7 Å². The van der Waals surface area contributed by atoms with Crippen LogP contribution < -0.4 is 30.6 Å². The van der Waals surface area contributed by atoms with Crippen LogP contribution in [0.4, 0.5) is 22.3 Å². The van der Waals surface area contributed by atoms with Gasteiger partial charge in [-0.15, -0.1) is 11.3 Å². The minimum absolute atomic E-state index is 0.169. The third-order valence-corrected chi connectivity index (χ3v) is 8.70. The lowest BCUT2D eigenvalue weighted by atomic mass is 10.0. The van der Waals surface area contributed by atoms with Crippen LogP contribution in [0.2, 0.25) is 0 Å². The topological polar surface area (TPSA) is 121 Å². The first kappa shape index (κ1) is 28.0. The average Bonchev–Trinajstić information content (AvgIpc) is 3.66. The van der Waals surface area contributed by atoms with E-state index in [1.807, 2.05) is 72.1 Å². The van der Waals surface area contributed by atoms with E-state index in [2.05, 4.69) is 15.6 Å². The Labute approximate surface area is 255 Å². The number of nitrogens with zero attached hydrogens (tertiary/aromatic N) is 2. The molecule has 0 fully saturated rings. The SMILES string of the molecule is COc1cc(Nc2nc(N)c(-c3nc(-c4cccc(NC(=O)c5cccc6ccccc56)c4)cs3)s2)cc(OC)c1OC. The molecule has 0 saturated heterocycles. The van der Waals surface area contributed by atoms with Crippen molar-refractivity contribution in [1.29, 1.82) is 0 Å². The molecule has 0 bridgehead atoms. The number of thiazole rings is 2. The molecule has 0 unspecified atom stereocenters. The van der Waals surface area contributed by atoms with Gasteiger partial charge in [-0.25, -0.2) is 9.97 Å². The lowest BCUT2D eigenvalue weighted by Crippen LogP contribution is -2.12. The zero-order valence-corrected chi connectivity index (χ0v) is 25.1. The lowest BCUT2D eigenvalue weighted by molar-refractivity contribution is 0.102. The fourth-order valence-electron chi connectivity index (χ4n) is 4.70. The Morgan fingerprint density at radius 2 is 1.58 bits per heavy atom. The molecule has 11 heteroatoms. The number of aromatic nitrogens is 2. The summed E-state index contributed by atoms with van der Waals surface area (Å²) < 4.78 is 16.3. The van der Waals surface area contributed by atoms with E-state index in [0.29, 0.717) is 45.1 Å². The van der Waals surface area contributed by atoms with Gasteiger partial charge in [0.05, 0.1) is 27.0 Å². The highest BCUT2D eigenvalue weighted by molar-refractivity contribution is 7.23. The van der Waals surface area contributed by atoms with E-state index in [9.17, 15) is 4.79 Å². The molecule has 1 amide bonds. The number of hydrogen-bond acceptors (Lipinski definition) is 10. The third kappa shape index (κ3) is 5.68. The maximum Gasteiger partial charge on any atom is 0.256 e. The Morgan fingerprint density at radius 1 is 0.837 bits per heavy atom. The normalized spacial score (nSPS) is 10.9. The van der Waals surface area contributed by atoms with Crippen molar-refractivity contribution in [1.82, 2.24) is 9.97 Å². The number of hydrogen-bond donors (Lipinski definition) is 3. The zero-order chi connectivity index (χ0) is 29.9. The van der Waals surface area contributed by atoms with E-state index in [1.165, 1.54) is 22.7 Å². The molecule has 216 valence electrons. The molecule has 0 radical (unpaired) electrons. The number of carbonyl (C=O) groups is 1. The molecule has 0 spiro atoms. The van der Waals surface area contributed by atoms with Crippen molar-refractivity contribution in [2.24, 2.45) is 0 Å². The molecule has 0 atom stereocenters. The fourth-order valence-corrected chi connectivity index (χ4v) is 6.54. The Kier molecular flexibility index (Phi) is 7.82. The number of nitrogens with one attached hydrogen (secondary N) is 2. The van der Waals surface area contributed by atoms with E-state index >= 15 is 0 Å². The van der Waals surface area contributed by atoms with Gasteiger partial charge in [0.1, 0.15) is 15.7 Å². The summed E-state index contributed by atoms with van der Waals surface area (Å²) in [6.07, 6.45) is 0. The summed E-state index contributed by atoms with van der Waals surface area (Å²) in [7, 11) is 4.69. The molecule has 2 aromatic heterocycles. The molecule has 4 aromatic carbocycles. The van der Waals surface area contributed by atoms with Crippen molar-refractivity contribution in [3.63, 3.8) is 0 Å². The van der Waals surface area contributed by atoms with Gasteiger partial charge in [-0.2, -0.15) is 0 Å². The van der Waals surface area contributed by atoms with Crippen LogP contribution in [0.3, 0.4) is 0 Å². The second-order valence-electron chi connectivity index (χ2n) is 9.37. The number of nitrogen functional groups attached to an aromatic ring is 1. The first-order chi connectivity index (χ1) is 21.0. The molecule has 2 heterocycles. The van der Waals surface area contributed by atoms with Crippen molar-refractivity contribution >= 4 is 61.7 Å². The van der Waals surface area contributed by atoms with Gasteiger partial charge in [0.15, 0.2) is 16.6 Å². The number of rotatable bonds is 9. The van der Waals surface area contributed by atoms with Crippen LogP contribution in [0.5, 0.6) is 17.2 Å². The van der Waals surface area contributed by atoms with Gasteiger partial charge < -0.3 is 30.6 Å². The summed E-state index contributed by atoms with van der Waals surface area (Å²) in [5.74, 6) is 1.75. The Hall–Kier alpha value is -5.13. The summed E-state index contributed by atoms with van der Waals surface area (Å²) in [4.78, 5) is 23.3. The largest absolute Gasteiger partial charge is 0.493 e. The van der Waals surface area contributed by atoms with Gasteiger partial charge in [0.25, 0.3) is 5.91 Å². The van der Waals surface area contributed by atoms with Crippen molar-refractivity contribution in [2.45, 2.75) is 0 Å². The first-order valence-corrected chi connectivity index (χ1v) is 14.9. The molecule has 0 aliphatic carbocycles. The predicted octanol–water partition coefficient (Wildman–Crippen LogP) is 7.69. The van der Waals surface area contributed by atoms with Crippen molar-refractivity contribution in [3.05, 3.63) is 89.8 Å². The van der Waals surface area contributed by atoms with Gasteiger partial charge >= 0.3 is 0 Å². The van der Waals surface area contributed by atoms with Gasteiger partial charge in [0.2, 0.25) is 5.75 Å². The molecule has 4 N–H and O–H groups in total. The van der Waals surface area contributed by atoms with E-state index in [1.54, 1.807) is 33.5 Å². The molecular weight excluding hydrogens is 583 g/mol. The van der Waals surface area contributed by atoms with Gasteiger partial charge in [-0.05, 0) is 29.0 Å². The highest BCUT2D eigenvalue weighted by Crippen LogP contribution is 2.43. The highest BCUT2D eigenvalue weighted by Gasteiger charge is 2.18. The number of methoxy groups -OCH3 is 3. The summed E-state index contributed by atoms with van der Waals surface area (Å²) in [5, 5.41) is 11.5. The second-order valence-corrected chi connectivity index (χ2v) is 11.2. The van der Waals surface area contributed by atoms with Crippen molar-refractivity contribution < 1.29 is 19.0 Å². The number of anilines is 4. The Morgan fingerprint density at radius 3 is 2.35 bits per heavy atom. The summed E-state index contributed by atoms with van der Waals surface area (Å²) in [6, 6.07) is 24.8. The van der Waals surface area contributed by atoms with Gasteiger partial charge in [-0.1, -0.05) is 59.9 Å². The Balaban J connectivity index is 1.21. The fraction of sp³-hybridized carbons (Fsp3) is 0.0938. The molecule has 6 rings (SSSR count). The maximum absolute atomic E-state index is 13.2. The standard InChI is InChI=1S/C32H27N5O4S2/c1-39-25-15-21(16-26(40-2)27(25)41-3)35-32-37-29(33)28(43-32)31-36-24(17-42-31)19-10-6-11-20(14-19)34-30(38)23-13-7-9-18-8-4-5-12-22(18)23/h4-17H,33H2,1-3H3,(H,34,38)(H,35,37). The van der Waals surface area contributed by atoms with Crippen LogP contribution in [0.25, 0.3) is 31.9 Å². The maximum atomic E-state index is 13.2. The van der Waals surface area contributed by atoms with Crippen LogP contribution in [0.15, 0.2) is 84.2 Å². The lowest BCUT2D eigenvalue weighted by Gasteiger charge is -2.14. The molecular formula is C32H27N5O4S2. The quantitative estimate of drug-likeness (QED) is 0.153. The van der Waals surface area contributed by atoms with E-state index < -0.39 is 0 Å². The van der Waals surface area contributed by atoms with Gasteiger partial charge in [-0.3, -0.25) is 4.79 Å². The first-order valence-electron chi connectivity index (χ1n) is 13.2. The third-order valence-electron chi connectivity index (χ3n) is 6.72. The van der Waals surface area contributed by atoms with Crippen LogP contribution in [-0.2, 0) is 0 Å². The van der Waals surface area contributed by atoms with Crippen LogP contribution >= 0.6 is 22.7 Å². The van der Waals surface area contributed by atoms with Crippen LogP contribution in [0.1, 0.15) is 10.4 Å². The van der Waals surface area contributed by atoms with Crippen LogP contribution in [-0.4, -0.2) is 37.2 Å². The molecule has 0 aliphatic heterocycles. The zero-order valence-electron chi connectivity index (χ0n) is 23.5. The second kappa shape index (κ2) is 12.0. The Bertz CT molecular complexity index is 1920. The number of fused-ring (bicyclic) bond motifs is 1. The molecule has 9 nitrogen and oxygen atoms in total. The monoisotopic (exact) mass is 609 g/mol. The van der Waals surface area contributed by atoms with E-state index in [4.69, 9.17) is 24.9 Å². The van der Waals surface area contributed by atoms with Gasteiger partial charge in [0, 0.05) is 40.0 Å². The minimum atomic E-state index is -0.169. The minimum Gasteiger partial charge on any atom is -0.493 e. The highest BCUT2D eigenvalue weighted by atomic mass is 32.1. The summed E-state index contributed by atoms with van der Waals surface area (Å²) in [5.41, 5.74) is 9.97. The summed E-state index contributed by atoms with van der Waals surface area (Å²) >= 11 is 2.87. The van der Waals surface area contributed by atoms with E-state index in [-0.39, 0.29) is 5.91 Å². The number of carbonyl (C=O) groups excluding carboxylic acids is 1. The number of benzene rings is 4. The summed E-state index contributed by atoms with van der Waals surface area (Å²) in [6.45, 7) is 0. The number of ether oxygens (including phenoxy) is 3. The smallest absolute Gasteiger partial charge is 0.256 e. The molecule has 43 heavy (non-hydrogen) atoms. The average molecular weight is 610 g/mol. The number of nitrogens with two attached hydrogens (primary N) is 1. The van der Waals surface area contributed by atoms with E-state index in [0.717, 1.165) is 31.9 Å². The van der Waals surface area contributed by atoms with Crippen LogP contribution in [0, 0.1) is 0 Å². The van der Waals surface area contributed by atoms with Crippen molar-refractivity contribution in [3.8, 4) is 38.4 Å².